The maximum Gasteiger partial charge on any atom is 0.150 e. The molecule has 0 aromatic heterocycles. The average Bonchev–Trinajstić information content (AvgIpc) is 2.30. The van der Waals surface area contributed by atoms with E-state index in [1.54, 1.807) is 0 Å². The van der Waals surface area contributed by atoms with Crippen molar-refractivity contribution in [2.45, 2.75) is 19.9 Å². The van der Waals surface area contributed by atoms with Gasteiger partial charge in [-0.1, -0.05) is 0 Å². The van der Waals surface area contributed by atoms with Crippen LogP contribution >= 0.6 is 0 Å². The number of aryl methyl sites for hydroxylation is 1. The number of carbonyl (C=O) groups excluding carboxylic acids is 1. The monoisotopic (exact) mass is 232 g/mol. The lowest BCUT2D eigenvalue weighted by Crippen LogP contribution is -2.50. The van der Waals surface area contributed by atoms with Crippen molar-refractivity contribution in [2.75, 3.05) is 31.6 Å². The molecule has 0 bridgehead atoms. The number of hydrogen-bond donors (Lipinski definition) is 0. The zero-order valence-corrected chi connectivity index (χ0v) is 10.8. The van der Waals surface area contributed by atoms with E-state index in [2.05, 4.69) is 36.8 Å². The Labute approximate surface area is 103 Å². The van der Waals surface area contributed by atoms with Crippen LogP contribution in [0.2, 0.25) is 0 Å². The Bertz CT molecular complexity index is 417. The van der Waals surface area contributed by atoms with Gasteiger partial charge in [-0.15, -0.1) is 0 Å². The molecule has 0 aliphatic carbocycles. The molecule has 0 saturated carbocycles. The standard InChI is InChI=1S/C14H20N2O/c1-11-8-13(10-17)4-5-14(11)16-7-6-15(3)9-12(16)2/h4-5,8,10,12H,6-7,9H2,1-3H3. The number of anilines is 1. The van der Waals surface area contributed by atoms with E-state index in [0.29, 0.717) is 6.04 Å². The summed E-state index contributed by atoms with van der Waals surface area (Å²) < 4.78 is 0. The van der Waals surface area contributed by atoms with Crippen molar-refractivity contribution >= 4 is 12.0 Å². The van der Waals surface area contributed by atoms with Crippen molar-refractivity contribution in [1.29, 1.82) is 0 Å². The number of likely N-dealkylation sites (N-methyl/N-ethyl adjacent to an activating group) is 1. The van der Waals surface area contributed by atoms with Gasteiger partial charge >= 0.3 is 0 Å². The molecule has 0 spiro atoms. The lowest BCUT2D eigenvalue weighted by Gasteiger charge is -2.40. The Hall–Kier alpha value is -1.35. The quantitative estimate of drug-likeness (QED) is 0.728. The second-order valence-corrected chi connectivity index (χ2v) is 4.97. The van der Waals surface area contributed by atoms with Crippen LogP contribution in [0, 0.1) is 6.92 Å². The Kier molecular flexibility index (Phi) is 3.48. The fourth-order valence-electron chi connectivity index (χ4n) is 2.57. The van der Waals surface area contributed by atoms with E-state index in [-0.39, 0.29) is 0 Å². The number of piperazine rings is 1. The first-order valence-electron chi connectivity index (χ1n) is 6.13. The van der Waals surface area contributed by atoms with Crippen molar-refractivity contribution in [2.24, 2.45) is 0 Å². The van der Waals surface area contributed by atoms with Crippen LogP contribution in [-0.4, -0.2) is 43.9 Å². The molecule has 1 unspecified atom stereocenters. The van der Waals surface area contributed by atoms with Gasteiger partial charge in [0, 0.05) is 36.9 Å². The maximum atomic E-state index is 10.7. The molecular weight excluding hydrogens is 212 g/mol. The lowest BCUT2D eigenvalue weighted by atomic mass is 10.1. The summed E-state index contributed by atoms with van der Waals surface area (Å²) in [5.74, 6) is 0. The number of benzene rings is 1. The fourth-order valence-corrected chi connectivity index (χ4v) is 2.57. The van der Waals surface area contributed by atoms with Crippen LogP contribution in [0.25, 0.3) is 0 Å². The molecule has 0 N–H and O–H groups in total. The van der Waals surface area contributed by atoms with E-state index in [4.69, 9.17) is 0 Å². The SMILES string of the molecule is Cc1cc(C=O)ccc1N1CCN(C)CC1C. The number of rotatable bonds is 2. The minimum absolute atomic E-state index is 0.523. The summed E-state index contributed by atoms with van der Waals surface area (Å²) in [7, 11) is 2.16. The first kappa shape index (κ1) is 12.1. The largest absolute Gasteiger partial charge is 0.366 e. The van der Waals surface area contributed by atoms with Crippen molar-refractivity contribution in [1.82, 2.24) is 4.90 Å². The third-order valence-electron chi connectivity index (χ3n) is 3.50. The molecule has 1 heterocycles. The zero-order valence-electron chi connectivity index (χ0n) is 10.8. The molecule has 1 aliphatic heterocycles. The van der Waals surface area contributed by atoms with Crippen LogP contribution in [0.4, 0.5) is 5.69 Å². The topological polar surface area (TPSA) is 23.6 Å². The molecule has 1 atom stereocenters. The summed E-state index contributed by atoms with van der Waals surface area (Å²) in [4.78, 5) is 15.5. The van der Waals surface area contributed by atoms with Gasteiger partial charge in [0.05, 0.1) is 0 Å². The molecule has 3 nitrogen and oxygen atoms in total. The van der Waals surface area contributed by atoms with Gasteiger partial charge in [0.25, 0.3) is 0 Å². The second kappa shape index (κ2) is 4.88. The van der Waals surface area contributed by atoms with Crippen molar-refractivity contribution < 1.29 is 4.79 Å². The number of aldehydes is 1. The second-order valence-electron chi connectivity index (χ2n) is 4.97. The average molecular weight is 232 g/mol. The highest BCUT2D eigenvalue weighted by molar-refractivity contribution is 5.77. The predicted molar refractivity (Wildman–Crippen MR) is 70.9 cm³/mol. The predicted octanol–water partition coefficient (Wildman–Crippen LogP) is 1.95. The van der Waals surface area contributed by atoms with Crippen LogP contribution < -0.4 is 4.90 Å². The summed E-state index contributed by atoms with van der Waals surface area (Å²) in [6, 6.07) is 6.46. The number of carbonyl (C=O) groups is 1. The molecule has 92 valence electrons. The highest BCUT2D eigenvalue weighted by atomic mass is 16.1. The lowest BCUT2D eigenvalue weighted by molar-refractivity contribution is 0.112. The van der Waals surface area contributed by atoms with Gasteiger partial charge in [0.1, 0.15) is 6.29 Å². The van der Waals surface area contributed by atoms with E-state index in [0.717, 1.165) is 31.5 Å². The third kappa shape index (κ3) is 2.50. The van der Waals surface area contributed by atoms with E-state index in [1.165, 1.54) is 11.3 Å². The normalized spacial score (nSPS) is 21.6. The van der Waals surface area contributed by atoms with Gasteiger partial charge in [-0.2, -0.15) is 0 Å². The summed E-state index contributed by atoms with van der Waals surface area (Å²) >= 11 is 0. The maximum absolute atomic E-state index is 10.7. The van der Waals surface area contributed by atoms with Gasteiger partial charge in [-0.05, 0) is 44.7 Å². The molecule has 3 heteroatoms. The molecule has 1 fully saturated rings. The van der Waals surface area contributed by atoms with Gasteiger partial charge < -0.3 is 9.80 Å². The smallest absolute Gasteiger partial charge is 0.150 e. The van der Waals surface area contributed by atoms with Crippen molar-refractivity contribution in [3.8, 4) is 0 Å². The molecule has 2 rings (SSSR count). The van der Waals surface area contributed by atoms with E-state index in [9.17, 15) is 4.79 Å². The first-order valence-corrected chi connectivity index (χ1v) is 6.13. The minimum Gasteiger partial charge on any atom is -0.366 e. The Morgan fingerprint density at radius 2 is 2.12 bits per heavy atom. The van der Waals surface area contributed by atoms with Gasteiger partial charge in [-0.3, -0.25) is 4.79 Å². The summed E-state index contributed by atoms with van der Waals surface area (Å²) in [6.45, 7) is 7.57. The van der Waals surface area contributed by atoms with E-state index < -0.39 is 0 Å². The molecule has 1 aromatic carbocycles. The van der Waals surface area contributed by atoms with Gasteiger partial charge in [0.15, 0.2) is 0 Å². The molecule has 0 radical (unpaired) electrons. The number of hydrogen-bond acceptors (Lipinski definition) is 3. The van der Waals surface area contributed by atoms with Crippen molar-refractivity contribution in [3.63, 3.8) is 0 Å². The molecule has 0 amide bonds. The Morgan fingerprint density at radius 1 is 1.35 bits per heavy atom. The minimum atomic E-state index is 0.523. The van der Waals surface area contributed by atoms with E-state index >= 15 is 0 Å². The van der Waals surface area contributed by atoms with Crippen LogP contribution in [0.3, 0.4) is 0 Å². The molecular formula is C14H20N2O. The van der Waals surface area contributed by atoms with Gasteiger partial charge in [-0.25, -0.2) is 0 Å². The summed E-state index contributed by atoms with van der Waals surface area (Å²) in [5.41, 5.74) is 3.20. The zero-order chi connectivity index (χ0) is 12.4. The van der Waals surface area contributed by atoms with E-state index in [1.807, 2.05) is 12.1 Å². The number of nitrogens with zero attached hydrogens (tertiary/aromatic N) is 2. The highest BCUT2D eigenvalue weighted by Gasteiger charge is 2.22. The fraction of sp³-hybridized carbons (Fsp3) is 0.500. The van der Waals surface area contributed by atoms with Gasteiger partial charge in [0.2, 0.25) is 0 Å². The van der Waals surface area contributed by atoms with Crippen LogP contribution in [-0.2, 0) is 0 Å². The van der Waals surface area contributed by atoms with Crippen molar-refractivity contribution in [3.05, 3.63) is 29.3 Å². The molecule has 1 saturated heterocycles. The third-order valence-corrected chi connectivity index (χ3v) is 3.50. The Morgan fingerprint density at radius 3 is 2.71 bits per heavy atom. The molecule has 1 aromatic rings. The van der Waals surface area contributed by atoms with Crippen LogP contribution in [0.5, 0.6) is 0 Å². The summed E-state index contributed by atoms with van der Waals surface area (Å²) in [5, 5.41) is 0. The van der Waals surface area contributed by atoms with Crippen LogP contribution in [0.1, 0.15) is 22.8 Å². The molecule has 17 heavy (non-hydrogen) atoms. The highest BCUT2D eigenvalue weighted by Crippen LogP contribution is 2.24. The molecule has 1 aliphatic rings. The first-order chi connectivity index (χ1) is 8.11. The van der Waals surface area contributed by atoms with Crippen LogP contribution in [0.15, 0.2) is 18.2 Å². The summed E-state index contributed by atoms with van der Waals surface area (Å²) in [6.07, 6.45) is 0.907. The Balaban J connectivity index is 2.25.